The molecule has 0 radical (unpaired) electrons. The van der Waals surface area contributed by atoms with Gasteiger partial charge in [0.25, 0.3) is 0 Å². The summed E-state index contributed by atoms with van der Waals surface area (Å²) in [5.41, 5.74) is 5.63. The molecule has 0 aliphatic carbocycles. The molecular weight excluding hydrogens is 184 g/mol. The highest BCUT2D eigenvalue weighted by atomic mass is 16.5. The second-order valence-corrected chi connectivity index (χ2v) is 3.54. The molecule has 0 aromatic carbocycles. The minimum Gasteiger partial charge on any atom is -0.468 e. The summed E-state index contributed by atoms with van der Waals surface area (Å²) in [5.74, 6) is -0.634. The fourth-order valence-corrected chi connectivity index (χ4v) is 0.876. The van der Waals surface area contributed by atoms with E-state index in [1.165, 1.54) is 19.1 Å². The second kappa shape index (κ2) is 5.59. The molecule has 0 aliphatic heterocycles. The van der Waals surface area contributed by atoms with Gasteiger partial charge in [-0.1, -0.05) is 13.8 Å². The van der Waals surface area contributed by atoms with Crippen LogP contribution in [0, 0.1) is 5.92 Å². The molecule has 0 fully saturated rings. The molecule has 0 aliphatic rings. The van der Waals surface area contributed by atoms with Crippen molar-refractivity contribution in [3.8, 4) is 0 Å². The Morgan fingerprint density at radius 3 is 2.29 bits per heavy atom. The summed E-state index contributed by atoms with van der Waals surface area (Å²) in [6.45, 7) is 3.65. The van der Waals surface area contributed by atoms with Gasteiger partial charge in [-0.05, 0) is 5.92 Å². The number of nitrogens with two attached hydrogens (primary N) is 1. The molecule has 0 aromatic rings. The van der Waals surface area contributed by atoms with E-state index in [0.29, 0.717) is 0 Å². The fourth-order valence-electron chi connectivity index (χ4n) is 0.876. The summed E-state index contributed by atoms with van der Waals surface area (Å²) < 4.78 is 4.44. The first kappa shape index (κ1) is 12.9. The van der Waals surface area contributed by atoms with Gasteiger partial charge in [0.2, 0.25) is 5.91 Å². The molecule has 82 valence electrons. The van der Waals surface area contributed by atoms with E-state index in [9.17, 15) is 9.59 Å². The Morgan fingerprint density at radius 1 is 1.43 bits per heavy atom. The molecule has 0 aromatic heterocycles. The highest BCUT2D eigenvalue weighted by molar-refractivity contribution is 5.85. The quantitative estimate of drug-likeness (QED) is 0.630. The minimum atomic E-state index is -0.565. The van der Waals surface area contributed by atoms with Crippen LogP contribution in [-0.2, 0) is 14.3 Å². The van der Waals surface area contributed by atoms with Gasteiger partial charge in [0.15, 0.2) is 0 Å². The van der Waals surface area contributed by atoms with E-state index in [0.717, 1.165) is 0 Å². The van der Waals surface area contributed by atoms with E-state index in [1.54, 1.807) is 0 Å². The minimum absolute atomic E-state index is 0.0580. The van der Waals surface area contributed by atoms with Crippen LogP contribution in [0.4, 0.5) is 0 Å². The average Bonchev–Trinajstić information content (AvgIpc) is 2.14. The van der Waals surface area contributed by atoms with Gasteiger partial charge in [0.05, 0.1) is 13.2 Å². The van der Waals surface area contributed by atoms with Crippen LogP contribution in [0.1, 0.15) is 13.8 Å². The lowest BCUT2D eigenvalue weighted by Crippen LogP contribution is -2.46. The zero-order valence-electron chi connectivity index (χ0n) is 9.11. The molecule has 5 heteroatoms. The standard InChI is InChI=1S/C9H18N2O3/c1-6(2)8(10)9(13)11(3)5-7(12)14-4/h6,8H,5,10H2,1-4H3/t8-/m0/s1. The van der Waals surface area contributed by atoms with Crippen LogP contribution in [0.15, 0.2) is 0 Å². The van der Waals surface area contributed by atoms with Gasteiger partial charge in [0.1, 0.15) is 6.54 Å². The van der Waals surface area contributed by atoms with Gasteiger partial charge in [-0.2, -0.15) is 0 Å². The van der Waals surface area contributed by atoms with Gasteiger partial charge >= 0.3 is 5.97 Å². The first-order valence-corrected chi connectivity index (χ1v) is 4.47. The molecular formula is C9H18N2O3. The van der Waals surface area contributed by atoms with Crippen molar-refractivity contribution in [1.82, 2.24) is 4.90 Å². The van der Waals surface area contributed by atoms with Crippen molar-refractivity contribution in [2.24, 2.45) is 11.7 Å². The number of hydrogen-bond donors (Lipinski definition) is 1. The van der Waals surface area contributed by atoms with Crippen molar-refractivity contribution in [3.63, 3.8) is 0 Å². The SMILES string of the molecule is COC(=O)CN(C)C(=O)[C@@H](N)C(C)C. The molecule has 2 N–H and O–H groups in total. The molecule has 0 spiro atoms. The highest BCUT2D eigenvalue weighted by Crippen LogP contribution is 2.01. The van der Waals surface area contributed by atoms with E-state index in [1.807, 2.05) is 13.8 Å². The number of esters is 1. The summed E-state index contributed by atoms with van der Waals surface area (Å²) in [6, 6.07) is -0.565. The Morgan fingerprint density at radius 2 is 1.93 bits per heavy atom. The van der Waals surface area contributed by atoms with Crippen molar-refractivity contribution in [2.75, 3.05) is 20.7 Å². The number of rotatable bonds is 4. The number of carbonyl (C=O) groups is 2. The smallest absolute Gasteiger partial charge is 0.325 e. The first-order chi connectivity index (χ1) is 6.40. The van der Waals surface area contributed by atoms with Crippen LogP contribution >= 0.6 is 0 Å². The summed E-state index contributed by atoms with van der Waals surface area (Å²) >= 11 is 0. The molecule has 5 nitrogen and oxygen atoms in total. The van der Waals surface area contributed by atoms with Gasteiger partial charge in [-0.3, -0.25) is 9.59 Å². The zero-order chi connectivity index (χ0) is 11.3. The molecule has 0 heterocycles. The summed E-state index contributed by atoms with van der Waals surface area (Å²) in [4.78, 5) is 23.7. The topological polar surface area (TPSA) is 72.6 Å². The van der Waals surface area contributed by atoms with Crippen molar-refractivity contribution in [2.45, 2.75) is 19.9 Å². The number of carbonyl (C=O) groups excluding carboxylic acids is 2. The molecule has 0 unspecified atom stereocenters. The van der Waals surface area contributed by atoms with Gasteiger partial charge < -0.3 is 15.4 Å². The van der Waals surface area contributed by atoms with Crippen molar-refractivity contribution in [3.05, 3.63) is 0 Å². The van der Waals surface area contributed by atoms with E-state index < -0.39 is 12.0 Å². The monoisotopic (exact) mass is 202 g/mol. The van der Waals surface area contributed by atoms with E-state index >= 15 is 0 Å². The number of likely N-dealkylation sites (N-methyl/N-ethyl adjacent to an activating group) is 1. The third kappa shape index (κ3) is 3.74. The Bertz CT molecular complexity index is 216. The lowest BCUT2D eigenvalue weighted by atomic mass is 10.0. The molecule has 14 heavy (non-hydrogen) atoms. The van der Waals surface area contributed by atoms with Gasteiger partial charge in [-0.15, -0.1) is 0 Å². The molecule has 0 saturated carbocycles. The third-order valence-corrected chi connectivity index (χ3v) is 1.97. The number of nitrogens with zero attached hydrogens (tertiary/aromatic N) is 1. The Labute approximate surface area is 84.2 Å². The highest BCUT2D eigenvalue weighted by Gasteiger charge is 2.22. The Balaban J connectivity index is 4.18. The molecule has 1 amide bonds. The van der Waals surface area contributed by atoms with Gasteiger partial charge in [-0.25, -0.2) is 0 Å². The molecule has 0 saturated heterocycles. The average molecular weight is 202 g/mol. The maximum Gasteiger partial charge on any atom is 0.325 e. The van der Waals surface area contributed by atoms with Crippen LogP contribution in [-0.4, -0.2) is 43.5 Å². The lowest BCUT2D eigenvalue weighted by molar-refractivity contribution is -0.146. The molecule has 1 atom stereocenters. The maximum absolute atomic E-state index is 11.5. The van der Waals surface area contributed by atoms with Crippen LogP contribution in [0.2, 0.25) is 0 Å². The van der Waals surface area contributed by atoms with E-state index in [4.69, 9.17) is 5.73 Å². The predicted octanol–water partition coefficient (Wildman–Crippen LogP) is -0.399. The van der Waals surface area contributed by atoms with Crippen molar-refractivity contribution in [1.29, 1.82) is 0 Å². The summed E-state index contributed by atoms with van der Waals surface area (Å²) in [6.07, 6.45) is 0. The predicted molar refractivity (Wildman–Crippen MR) is 52.5 cm³/mol. The molecule has 0 bridgehead atoms. The van der Waals surface area contributed by atoms with E-state index in [-0.39, 0.29) is 18.4 Å². The number of methoxy groups -OCH3 is 1. The van der Waals surface area contributed by atoms with Crippen LogP contribution in [0.3, 0.4) is 0 Å². The largest absolute Gasteiger partial charge is 0.468 e. The normalized spacial score (nSPS) is 12.4. The summed E-state index contributed by atoms with van der Waals surface area (Å²) in [5, 5.41) is 0. The number of ether oxygens (including phenoxy) is 1. The van der Waals surface area contributed by atoms with Gasteiger partial charge in [0, 0.05) is 7.05 Å². The zero-order valence-corrected chi connectivity index (χ0v) is 9.11. The van der Waals surface area contributed by atoms with Crippen LogP contribution in [0.5, 0.6) is 0 Å². The second-order valence-electron chi connectivity index (χ2n) is 3.54. The van der Waals surface area contributed by atoms with Crippen LogP contribution < -0.4 is 5.73 Å². The maximum atomic E-state index is 11.5. The number of hydrogen-bond acceptors (Lipinski definition) is 4. The van der Waals surface area contributed by atoms with Crippen molar-refractivity contribution < 1.29 is 14.3 Å². The Kier molecular flexibility index (Phi) is 5.15. The van der Waals surface area contributed by atoms with E-state index in [2.05, 4.69) is 4.74 Å². The fraction of sp³-hybridized carbons (Fsp3) is 0.778. The van der Waals surface area contributed by atoms with Crippen molar-refractivity contribution >= 4 is 11.9 Å². The lowest BCUT2D eigenvalue weighted by Gasteiger charge is -2.22. The first-order valence-electron chi connectivity index (χ1n) is 4.47. The summed E-state index contributed by atoms with van der Waals surface area (Å²) in [7, 11) is 2.81. The van der Waals surface area contributed by atoms with Crippen LogP contribution in [0.25, 0.3) is 0 Å². The molecule has 0 rings (SSSR count). The third-order valence-electron chi connectivity index (χ3n) is 1.97. The Hall–Kier alpha value is -1.10. The number of amides is 1.